The lowest BCUT2D eigenvalue weighted by atomic mass is 9.67. The van der Waals surface area contributed by atoms with Crippen molar-refractivity contribution in [2.24, 2.45) is 11.8 Å². The quantitative estimate of drug-likeness (QED) is 0.351. The summed E-state index contributed by atoms with van der Waals surface area (Å²) in [7, 11) is 2.95. The number of carbonyl (C=O) groups is 2. The average Bonchev–Trinajstić information content (AvgIpc) is 3.42. The number of piperidine rings is 1. The molecule has 37 heavy (non-hydrogen) atoms. The Morgan fingerprint density at radius 1 is 1.16 bits per heavy atom. The van der Waals surface area contributed by atoms with Gasteiger partial charge in [-0.25, -0.2) is 4.79 Å². The van der Waals surface area contributed by atoms with E-state index in [2.05, 4.69) is 17.9 Å². The minimum atomic E-state index is -0.656. The molecular formula is C30H36N2O5. The molecule has 0 aliphatic carbocycles. The van der Waals surface area contributed by atoms with Gasteiger partial charge in [-0.1, -0.05) is 55.8 Å². The number of nitrogens with zero attached hydrogens (tertiary/aromatic N) is 2. The fourth-order valence-corrected chi connectivity index (χ4v) is 6.99. The number of rotatable bonds is 7. The summed E-state index contributed by atoms with van der Waals surface area (Å²) in [6.07, 6.45) is 3.90. The number of ether oxygens (including phenoxy) is 2. The first-order valence-corrected chi connectivity index (χ1v) is 13.1. The Bertz CT molecular complexity index is 1210. The van der Waals surface area contributed by atoms with Crippen LogP contribution in [0.2, 0.25) is 0 Å². The summed E-state index contributed by atoms with van der Waals surface area (Å²) in [4.78, 5) is 31.6. The van der Waals surface area contributed by atoms with Crippen LogP contribution in [0.15, 0.2) is 60.4 Å². The normalized spacial score (nSPS) is 27.4. The lowest BCUT2D eigenvalue weighted by Gasteiger charge is -2.45. The Morgan fingerprint density at radius 2 is 1.95 bits per heavy atom. The van der Waals surface area contributed by atoms with E-state index < -0.39 is 5.41 Å². The second-order valence-electron chi connectivity index (χ2n) is 10.4. The number of methoxy groups -OCH3 is 2. The van der Waals surface area contributed by atoms with E-state index in [0.29, 0.717) is 18.5 Å². The Balaban J connectivity index is 1.54. The number of aliphatic hydroxyl groups excluding tert-OH is 1. The predicted octanol–water partition coefficient (Wildman–Crippen LogP) is 3.79. The number of fused-ring (bicyclic) bond motifs is 4. The third-order valence-electron chi connectivity index (χ3n) is 8.72. The molecule has 2 saturated heterocycles. The molecule has 0 saturated carbocycles. The number of hydrogen-bond donors (Lipinski definition) is 1. The molecule has 3 aliphatic rings. The molecule has 7 heteroatoms. The third kappa shape index (κ3) is 4.14. The van der Waals surface area contributed by atoms with Crippen molar-refractivity contribution in [3.63, 3.8) is 0 Å². The molecule has 196 valence electrons. The van der Waals surface area contributed by atoms with E-state index >= 15 is 0 Å². The fraction of sp³-hybridized carbons (Fsp3) is 0.467. The summed E-state index contributed by atoms with van der Waals surface area (Å²) in [5, 5.41) is 9.60. The number of anilines is 1. The summed E-state index contributed by atoms with van der Waals surface area (Å²) in [5.74, 6) is -0.0196. The minimum Gasteiger partial charge on any atom is -0.504 e. The van der Waals surface area contributed by atoms with Gasteiger partial charge in [0.05, 0.1) is 44.6 Å². The van der Waals surface area contributed by atoms with E-state index in [1.165, 1.54) is 13.4 Å². The van der Waals surface area contributed by atoms with Crippen molar-refractivity contribution in [2.75, 3.05) is 32.2 Å². The summed E-state index contributed by atoms with van der Waals surface area (Å²) in [5.41, 5.74) is 3.75. The molecule has 1 unspecified atom stereocenters. The number of hydrogen-bond acceptors (Lipinski definition) is 6. The van der Waals surface area contributed by atoms with E-state index in [1.807, 2.05) is 47.4 Å². The van der Waals surface area contributed by atoms with Gasteiger partial charge >= 0.3 is 5.97 Å². The number of para-hydroxylation sites is 1. The fourth-order valence-electron chi connectivity index (χ4n) is 6.99. The zero-order valence-corrected chi connectivity index (χ0v) is 21.9. The van der Waals surface area contributed by atoms with Gasteiger partial charge in [0, 0.05) is 18.3 Å². The molecule has 2 fully saturated rings. The predicted molar refractivity (Wildman–Crippen MR) is 141 cm³/mol. The van der Waals surface area contributed by atoms with Crippen molar-refractivity contribution in [3.05, 3.63) is 77.1 Å². The van der Waals surface area contributed by atoms with Crippen molar-refractivity contribution in [3.8, 4) is 0 Å². The van der Waals surface area contributed by atoms with Crippen molar-refractivity contribution >= 4 is 17.6 Å². The minimum absolute atomic E-state index is 0.0207. The van der Waals surface area contributed by atoms with E-state index in [-0.39, 0.29) is 36.4 Å². The molecule has 3 heterocycles. The van der Waals surface area contributed by atoms with Crippen LogP contribution in [-0.4, -0.2) is 55.2 Å². The standard InChI is InChI=1S/C30H36N2O5/c1-4-22-17-31-13-12-30(27(31)15-23(22)24(19-36-2)28(34)37-3)25-10-5-6-11-26(25)32(29(30)35)16-20-8-7-9-21(14-20)18-33/h5-11,14,19,22-23,27,33H,4,12-13,15-18H2,1-3H3/b24-19+/t22-,23-,27?,30+/m0/s1. The van der Waals surface area contributed by atoms with Gasteiger partial charge in [0.2, 0.25) is 5.91 Å². The zero-order valence-electron chi connectivity index (χ0n) is 21.9. The van der Waals surface area contributed by atoms with Crippen molar-refractivity contribution < 1.29 is 24.2 Å². The van der Waals surface area contributed by atoms with Crippen LogP contribution in [0, 0.1) is 11.8 Å². The van der Waals surface area contributed by atoms with Gasteiger partial charge in [0.1, 0.15) is 0 Å². The van der Waals surface area contributed by atoms with Gasteiger partial charge < -0.3 is 19.5 Å². The summed E-state index contributed by atoms with van der Waals surface area (Å²) in [6, 6.07) is 15.9. The summed E-state index contributed by atoms with van der Waals surface area (Å²) >= 11 is 0. The third-order valence-corrected chi connectivity index (χ3v) is 8.72. The van der Waals surface area contributed by atoms with Crippen LogP contribution in [0.1, 0.15) is 42.9 Å². The smallest absolute Gasteiger partial charge is 0.337 e. The van der Waals surface area contributed by atoms with Crippen LogP contribution < -0.4 is 4.90 Å². The van der Waals surface area contributed by atoms with Crippen LogP contribution in [-0.2, 0) is 37.6 Å². The van der Waals surface area contributed by atoms with Crippen LogP contribution >= 0.6 is 0 Å². The Labute approximate surface area is 218 Å². The lowest BCUT2D eigenvalue weighted by Crippen LogP contribution is -2.54. The van der Waals surface area contributed by atoms with E-state index in [9.17, 15) is 14.7 Å². The number of esters is 1. The second kappa shape index (κ2) is 10.3. The largest absolute Gasteiger partial charge is 0.504 e. The monoisotopic (exact) mass is 504 g/mol. The van der Waals surface area contributed by atoms with Crippen LogP contribution in [0.25, 0.3) is 0 Å². The molecule has 1 N–H and O–H groups in total. The zero-order chi connectivity index (χ0) is 26.2. The molecule has 3 aliphatic heterocycles. The van der Waals surface area contributed by atoms with Gasteiger partial charge in [0.25, 0.3) is 0 Å². The van der Waals surface area contributed by atoms with E-state index in [4.69, 9.17) is 9.47 Å². The molecule has 0 bridgehead atoms. The second-order valence-corrected chi connectivity index (χ2v) is 10.4. The number of benzene rings is 2. The lowest BCUT2D eigenvalue weighted by molar-refractivity contribution is -0.137. The maximum atomic E-state index is 14.5. The Morgan fingerprint density at radius 3 is 2.68 bits per heavy atom. The highest BCUT2D eigenvalue weighted by Gasteiger charge is 2.62. The first kappa shape index (κ1) is 25.5. The molecule has 2 aromatic rings. The van der Waals surface area contributed by atoms with E-state index in [1.54, 1.807) is 7.11 Å². The van der Waals surface area contributed by atoms with Crippen LogP contribution in [0.3, 0.4) is 0 Å². The summed E-state index contributed by atoms with van der Waals surface area (Å²) < 4.78 is 10.4. The maximum Gasteiger partial charge on any atom is 0.337 e. The van der Waals surface area contributed by atoms with Gasteiger partial charge in [-0.15, -0.1) is 0 Å². The molecule has 1 spiro atoms. The van der Waals surface area contributed by atoms with Gasteiger partial charge in [-0.05, 0) is 54.0 Å². The Hall–Kier alpha value is -3.16. The summed E-state index contributed by atoms with van der Waals surface area (Å²) in [6.45, 7) is 4.26. The first-order valence-electron chi connectivity index (χ1n) is 13.1. The highest BCUT2D eigenvalue weighted by molar-refractivity contribution is 6.09. The topological polar surface area (TPSA) is 79.3 Å². The van der Waals surface area contributed by atoms with Crippen molar-refractivity contribution in [1.82, 2.24) is 4.90 Å². The number of carbonyl (C=O) groups excluding carboxylic acids is 2. The van der Waals surface area contributed by atoms with E-state index in [0.717, 1.165) is 48.3 Å². The van der Waals surface area contributed by atoms with Gasteiger partial charge in [-0.2, -0.15) is 0 Å². The molecule has 0 aromatic heterocycles. The molecule has 1 amide bonds. The molecule has 7 nitrogen and oxygen atoms in total. The van der Waals surface area contributed by atoms with Gasteiger partial charge in [0.15, 0.2) is 0 Å². The SMILES string of the molecule is CC[C@H]1CN2CC[C@]3(C(=O)N(Cc4cccc(CO)c4)c4ccccc43)C2C[C@@H]1/C(=C\OC)C(=O)OC. The highest BCUT2D eigenvalue weighted by Crippen LogP contribution is 2.55. The van der Waals surface area contributed by atoms with Crippen LogP contribution in [0.5, 0.6) is 0 Å². The molecule has 0 radical (unpaired) electrons. The number of amides is 1. The van der Waals surface area contributed by atoms with Crippen LogP contribution in [0.4, 0.5) is 5.69 Å². The molecule has 5 rings (SSSR count). The van der Waals surface area contributed by atoms with Gasteiger partial charge in [-0.3, -0.25) is 9.69 Å². The average molecular weight is 505 g/mol. The van der Waals surface area contributed by atoms with Crippen molar-refractivity contribution in [2.45, 2.75) is 50.8 Å². The maximum absolute atomic E-state index is 14.5. The number of aliphatic hydroxyl groups is 1. The first-order chi connectivity index (χ1) is 18.0. The molecular weight excluding hydrogens is 468 g/mol. The molecule has 2 aromatic carbocycles. The molecule has 4 atom stereocenters. The van der Waals surface area contributed by atoms with Crippen molar-refractivity contribution in [1.29, 1.82) is 0 Å². The Kier molecular flexibility index (Phi) is 7.10. The highest BCUT2D eigenvalue weighted by atomic mass is 16.5.